The summed E-state index contributed by atoms with van der Waals surface area (Å²) in [5.41, 5.74) is 4.89. The minimum atomic E-state index is -0.252. The molecule has 0 bridgehead atoms. The zero-order valence-electron chi connectivity index (χ0n) is 22.4. The molecule has 7 heteroatoms. The highest BCUT2D eigenvalue weighted by atomic mass is 16.5. The number of para-hydroxylation sites is 1. The van der Waals surface area contributed by atoms with Crippen LogP contribution in [0.3, 0.4) is 0 Å². The van der Waals surface area contributed by atoms with E-state index >= 15 is 0 Å². The lowest BCUT2D eigenvalue weighted by molar-refractivity contribution is 0.0934. The molecule has 5 aromatic rings. The molecular weight excluding hydrogens is 488 g/mol. The van der Waals surface area contributed by atoms with Gasteiger partial charge in [0.25, 0.3) is 5.91 Å². The first kappa shape index (κ1) is 26.3. The van der Waals surface area contributed by atoms with E-state index in [4.69, 9.17) is 9.15 Å². The maximum Gasteiger partial charge on any atom is 0.273 e. The van der Waals surface area contributed by atoms with E-state index in [9.17, 15) is 4.79 Å². The Kier molecular flexibility index (Phi) is 8.39. The van der Waals surface area contributed by atoms with Crippen LogP contribution in [0, 0.1) is 0 Å². The van der Waals surface area contributed by atoms with Crippen LogP contribution in [-0.2, 0) is 19.5 Å². The van der Waals surface area contributed by atoms with E-state index in [0.29, 0.717) is 25.6 Å². The van der Waals surface area contributed by atoms with Crippen molar-refractivity contribution in [1.29, 1.82) is 0 Å². The smallest absolute Gasteiger partial charge is 0.273 e. The summed E-state index contributed by atoms with van der Waals surface area (Å²) in [4.78, 5) is 23.0. The van der Waals surface area contributed by atoms with Gasteiger partial charge in [-0.15, -0.1) is 0 Å². The number of benzene rings is 3. The van der Waals surface area contributed by atoms with Gasteiger partial charge in [-0.25, -0.2) is 4.98 Å². The van der Waals surface area contributed by atoms with Crippen LogP contribution in [0.1, 0.15) is 53.0 Å². The molecule has 0 aliphatic carbocycles. The highest BCUT2D eigenvalue weighted by molar-refractivity contribution is 5.92. The van der Waals surface area contributed by atoms with Gasteiger partial charge in [-0.05, 0) is 55.2 Å². The van der Waals surface area contributed by atoms with Crippen LogP contribution >= 0.6 is 0 Å². The summed E-state index contributed by atoms with van der Waals surface area (Å²) in [6, 6.07) is 26.2. The van der Waals surface area contributed by atoms with E-state index in [1.54, 1.807) is 0 Å². The van der Waals surface area contributed by atoms with Gasteiger partial charge in [0.15, 0.2) is 5.69 Å². The van der Waals surface area contributed by atoms with E-state index in [-0.39, 0.29) is 17.6 Å². The molecule has 1 unspecified atom stereocenters. The van der Waals surface area contributed by atoms with Crippen LogP contribution in [0.25, 0.3) is 10.9 Å². The number of rotatable bonds is 12. The van der Waals surface area contributed by atoms with Crippen molar-refractivity contribution in [1.82, 2.24) is 20.2 Å². The summed E-state index contributed by atoms with van der Waals surface area (Å²) >= 11 is 0. The first-order valence-corrected chi connectivity index (χ1v) is 13.4. The van der Waals surface area contributed by atoms with Crippen LogP contribution in [0.15, 0.2) is 95.7 Å². The molecular formula is C32H34N4O3. The van der Waals surface area contributed by atoms with Crippen molar-refractivity contribution in [2.45, 2.75) is 39.4 Å². The van der Waals surface area contributed by atoms with E-state index in [1.165, 1.54) is 22.8 Å². The molecule has 0 fully saturated rings. The Bertz CT molecular complexity index is 1490. The summed E-state index contributed by atoms with van der Waals surface area (Å²) in [7, 11) is 0. The molecule has 200 valence electrons. The second-order valence-electron chi connectivity index (χ2n) is 9.63. The maximum absolute atomic E-state index is 12.8. The van der Waals surface area contributed by atoms with Crippen molar-refractivity contribution < 1.29 is 13.9 Å². The standard InChI is InChI=1S/C32H34N4O3/c1-3-38-27-15-13-24(14-16-27)20-36(18-17-26-19-33-29-12-8-7-11-28(26)29)21-31-35-30(22-39-31)32(37)34-23(2)25-9-5-4-6-10-25/h4-16,19,22-23,33H,3,17-18,20-21H2,1-2H3,(H,34,37). The third-order valence-corrected chi connectivity index (χ3v) is 6.80. The van der Waals surface area contributed by atoms with Gasteiger partial charge >= 0.3 is 0 Å². The third kappa shape index (κ3) is 6.75. The van der Waals surface area contributed by atoms with Gasteiger partial charge in [0, 0.05) is 30.2 Å². The topological polar surface area (TPSA) is 83.4 Å². The Morgan fingerprint density at radius 1 is 1.03 bits per heavy atom. The number of aromatic nitrogens is 2. The SMILES string of the molecule is CCOc1ccc(CN(CCc2c[nH]c3ccccc23)Cc2nc(C(=O)NC(C)c3ccccc3)co2)cc1. The van der Waals surface area contributed by atoms with Crippen molar-refractivity contribution in [3.8, 4) is 5.75 Å². The predicted octanol–water partition coefficient (Wildman–Crippen LogP) is 6.29. The molecule has 2 aromatic heterocycles. The number of hydrogen-bond acceptors (Lipinski definition) is 5. The van der Waals surface area contributed by atoms with Crippen LogP contribution in [-0.4, -0.2) is 33.9 Å². The lowest BCUT2D eigenvalue weighted by atomic mass is 10.1. The number of carbonyl (C=O) groups is 1. The Hall–Kier alpha value is -4.36. The largest absolute Gasteiger partial charge is 0.494 e. The number of fused-ring (bicyclic) bond motifs is 1. The molecule has 3 aromatic carbocycles. The number of nitrogens with zero attached hydrogens (tertiary/aromatic N) is 2. The molecule has 0 aliphatic heterocycles. The molecule has 0 spiro atoms. The van der Waals surface area contributed by atoms with Gasteiger partial charge < -0.3 is 19.5 Å². The van der Waals surface area contributed by atoms with Crippen molar-refractivity contribution >= 4 is 16.8 Å². The molecule has 0 radical (unpaired) electrons. The summed E-state index contributed by atoms with van der Waals surface area (Å²) in [5.74, 6) is 1.12. The zero-order valence-corrected chi connectivity index (χ0v) is 22.4. The van der Waals surface area contributed by atoms with Crippen molar-refractivity contribution in [2.75, 3.05) is 13.2 Å². The minimum Gasteiger partial charge on any atom is -0.494 e. The van der Waals surface area contributed by atoms with Crippen LogP contribution < -0.4 is 10.1 Å². The third-order valence-electron chi connectivity index (χ3n) is 6.80. The van der Waals surface area contributed by atoms with E-state index in [0.717, 1.165) is 29.8 Å². The van der Waals surface area contributed by atoms with Gasteiger partial charge in [-0.3, -0.25) is 9.69 Å². The Morgan fingerprint density at radius 3 is 2.59 bits per heavy atom. The van der Waals surface area contributed by atoms with Crippen LogP contribution in [0.5, 0.6) is 5.75 Å². The van der Waals surface area contributed by atoms with Crippen LogP contribution in [0.4, 0.5) is 0 Å². The fraction of sp³-hybridized carbons (Fsp3) is 0.250. The second kappa shape index (κ2) is 12.5. The van der Waals surface area contributed by atoms with Crippen molar-refractivity contribution in [3.05, 3.63) is 120 Å². The van der Waals surface area contributed by atoms with E-state index in [2.05, 4.69) is 56.7 Å². The minimum absolute atomic E-state index is 0.133. The summed E-state index contributed by atoms with van der Waals surface area (Å²) in [6.07, 6.45) is 4.39. The molecule has 39 heavy (non-hydrogen) atoms. The number of hydrogen-bond donors (Lipinski definition) is 2. The van der Waals surface area contributed by atoms with Crippen LogP contribution in [0.2, 0.25) is 0 Å². The molecule has 1 atom stereocenters. The molecule has 5 rings (SSSR count). The second-order valence-corrected chi connectivity index (χ2v) is 9.63. The summed E-state index contributed by atoms with van der Waals surface area (Å²) in [6.45, 7) is 6.57. The first-order chi connectivity index (χ1) is 19.1. The average Bonchev–Trinajstić information content (AvgIpc) is 3.61. The number of aromatic amines is 1. The molecule has 1 amide bonds. The van der Waals surface area contributed by atoms with Crippen molar-refractivity contribution in [2.24, 2.45) is 0 Å². The van der Waals surface area contributed by atoms with Gasteiger partial charge in [0.05, 0.1) is 19.2 Å². The molecule has 2 heterocycles. The Morgan fingerprint density at radius 2 is 1.79 bits per heavy atom. The fourth-order valence-electron chi connectivity index (χ4n) is 4.72. The Balaban J connectivity index is 1.28. The number of nitrogens with one attached hydrogen (secondary N) is 2. The average molecular weight is 523 g/mol. The number of amides is 1. The number of carbonyl (C=O) groups excluding carboxylic acids is 1. The highest BCUT2D eigenvalue weighted by Gasteiger charge is 2.18. The van der Waals surface area contributed by atoms with Gasteiger partial charge in [0.1, 0.15) is 12.0 Å². The monoisotopic (exact) mass is 522 g/mol. The lowest BCUT2D eigenvalue weighted by Gasteiger charge is -2.21. The summed E-state index contributed by atoms with van der Waals surface area (Å²) in [5, 5.41) is 4.24. The molecule has 0 saturated carbocycles. The molecule has 7 nitrogen and oxygen atoms in total. The normalized spacial score (nSPS) is 12.1. The highest BCUT2D eigenvalue weighted by Crippen LogP contribution is 2.20. The first-order valence-electron chi connectivity index (χ1n) is 13.4. The van der Waals surface area contributed by atoms with Crippen molar-refractivity contribution in [3.63, 3.8) is 0 Å². The van der Waals surface area contributed by atoms with Gasteiger partial charge in [0.2, 0.25) is 5.89 Å². The number of H-pyrrole nitrogens is 1. The van der Waals surface area contributed by atoms with E-state index < -0.39 is 0 Å². The molecule has 2 N–H and O–H groups in total. The zero-order chi connectivity index (χ0) is 27.0. The number of ether oxygens (including phenoxy) is 1. The molecule has 0 saturated heterocycles. The van der Waals surface area contributed by atoms with Gasteiger partial charge in [-0.1, -0.05) is 60.7 Å². The predicted molar refractivity (Wildman–Crippen MR) is 153 cm³/mol. The maximum atomic E-state index is 12.8. The van der Waals surface area contributed by atoms with E-state index in [1.807, 2.05) is 62.4 Å². The summed E-state index contributed by atoms with van der Waals surface area (Å²) < 4.78 is 11.4. The lowest BCUT2D eigenvalue weighted by Crippen LogP contribution is -2.27. The fourth-order valence-corrected chi connectivity index (χ4v) is 4.72. The quantitative estimate of drug-likeness (QED) is 0.201. The number of oxazole rings is 1. The Labute approximate surface area is 228 Å². The molecule has 0 aliphatic rings. The van der Waals surface area contributed by atoms with Gasteiger partial charge in [-0.2, -0.15) is 0 Å².